The third kappa shape index (κ3) is 4.17. The fraction of sp³-hybridized carbons (Fsp3) is 0.333. The molecule has 6 nitrogen and oxygen atoms in total. The van der Waals surface area contributed by atoms with Gasteiger partial charge < -0.3 is 18.6 Å². The van der Waals surface area contributed by atoms with Crippen LogP contribution in [0, 0.1) is 0 Å². The van der Waals surface area contributed by atoms with Gasteiger partial charge in [0.25, 0.3) is 0 Å². The van der Waals surface area contributed by atoms with Gasteiger partial charge in [-0.1, -0.05) is 12.1 Å². The number of benzene rings is 2. The summed E-state index contributed by atoms with van der Waals surface area (Å²) in [7, 11) is 1.62. The van der Waals surface area contributed by atoms with E-state index in [0.717, 1.165) is 22.3 Å². The van der Waals surface area contributed by atoms with E-state index in [-0.39, 0.29) is 12.4 Å². The van der Waals surface area contributed by atoms with Crippen molar-refractivity contribution in [3.05, 3.63) is 70.1 Å². The number of carbonyl (C=O) groups is 1. The Labute approximate surface area is 174 Å². The highest BCUT2D eigenvalue weighted by Crippen LogP contribution is 2.37. The lowest BCUT2D eigenvalue weighted by Gasteiger charge is -2.39. The Balaban J connectivity index is 1.47. The van der Waals surface area contributed by atoms with Crippen molar-refractivity contribution in [2.45, 2.75) is 44.8 Å². The Morgan fingerprint density at radius 2 is 2.00 bits per heavy atom. The van der Waals surface area contributed by atoms with Crippen LogP contribution in [0.1, 0.15) is 31.4 Å². The van der Waals surface area contributed by atoms with Crippen LogP contribution in [-0.2, 0) is 22.4 Å². The quantitative estimate of drug-likeness (QED) is 0.468. The highest BCUT2D eigenvalue weighted by atomic mass is 16.6. The summed E-state index contributed by atoms with van der Waals surface area (Å²) >= 11 is 0. The van der Waals surface area contributed by atoms with E-state index in [1.54, 1.807) is 19.2 Å². The van der Waals surface area contributed by atoms with Gasteiger partial charge in [0.15, 0.2) is 0 Å². The number of ether oxygens (including phenoxy) is 3. The summed E-state index contributed by atoms with van der Waals surface area (Å²) in [5.41, 5.74) is 1.30. The van der Waals surface area contributed by atoms with Crippen molar-refractivity contribution in [3.63, 3.8) is 0 Å². The summed E-state index contributed by atoms with van der Waals surface area (Å²) < 4.78 is 22.4. The second-order valence-electron chi connectivity index (χ2n) is 7.99. The first-order valence-corrected chi connectivity index (χ1v) is 9.92. The van der Waals surface area contributed by atoms with Gasteiger partial charge in [0.2, 0.25) is 0 Å². The molecule has 0 amide bonds. The summed E-state index contributed by atoms with van der Waals surface area (Å²) in [6.07, 6.45) is 0.957. The molecule has 2 aromatic carbocycles. The van der Waals surface area contributed by atoms with Crippen LogP contribution in [-0.4, -0.2) is 24.8 Å². The molecule has 1 aromatic heterocycles. The topological polar surface area (TPSA) is 75.0 Å². The first-order valence-electron chi connectivity index (χ1n) is 9.92. The summed E-state index contributed by atoms with van der Waals surface area (Å²) in [5.74, 6) is 1.14. The van der Waals surface area contributed by atoms with Crippen LogP contribution in [0.15, 0.2) is 57.7 Å². The molecule has 0 saturated heterocycles. The number of carbonyl (C=O) groups excluding carboxylic acids is 1. The summed E-state index contributed by atoms with van der Waals surface area (Å²) in [5, 5.41) is 0.805. The number of hydrogen-bond acceptors (Lipinski definition) is 6. The molecule has 0 fully saturated rings. The third-order valence-corrected chi connectivity index (χ3v) is 5.38. The molecular formula is C24H24O6. The molecule has 30 heavy (non-hydrogen) atoms. The standard InChI is InChI=1S/C24H24O6/c1-24(2)21(29-23(26)9-7-15-5-4-6-18(11-15)27-3)13-17-12-16-8-10-22(25)28-19(16)14-20(17)30-24/h4-6,8,10-12,14,21H,7,9,13H2,1-3H3/t21-/m0/s1. The Bertz CT molecular complexity index is 1140. The lowest BCUT2D eigenvalue weighted by atomic mass is 9.90. The van der Waals surface area contributed by atoms with E-state index in [4.69, 9.17) is 18.6 Å². The Morgan fingerprint density at radius 3 is 2.80 bits per heavy atom. The van der Waals surface area contributed by atoms with Gasteiger partial charge in [-0.25, -0.2) is 4.79 Å². The van der Waals surface area contributed by atoms with E-state index < -0.39 is 17.3 Å². The van der Waals surface area contributed by atoms with Crippen LogP contribution in [0.5, 0.6) is 11.5 Å². The van der Waals surface area contributed by atoms with Crippen LogP contribution < -0.4 is 15.1 Å². The third-order valence-electron chi connectivity index (χ3n) is 5.38. The van der Waals surface area contributed by atoms with Crippen molar-refractivity contribution >= 4 is 16.9 Å². The van der Waals surface area contributed by atoms with Crippen LogP contribution in [0.2, 0.25) is 0 Å². The Hall–Kier alpha value is -3.28. The average molecular weight is 408 g/mol. The highest BCUT2D eigenvalue weighted by molar-refractivity contribution is 5.79. The Morgan fingerprint density at radius 1 is 1.17 bits per heavy atom. The minimum atomic E-state index is -0.707. The van der Waals surface area contributed by atoms with Crippen molar-refractivity contribution < 1.29 is 23.4 Å². The molecule has 0 aliphatic carbocycles. The van der Waals surface area contributed by atoms with Crippen LogP contribution in [0.25, 0.3) is 11.0 Å². The normalized spacial score (nSPS) is 17.1. The molecule has 0 spiro atoms. The molecule has 1 aliphatic rings. The van der Waals surface area contributed by atoms with Crippen molar-refractivity contribution in [2.24, 2.45) is 0 Å². The molecule has 0 saturated carbocycles. The molecule has 6 heteroatoms. The highest BCUT2D eigenvalue weighted by Gasteiger charge is 2.40. The fourth-order valence-corrected chi connectivity index (χ4v) is 3.67. The molecule has 1 aliphatic heterocycles. The molecule has 3 aromatic rings. The largest absolute Gasteiger partial charge is 0.497 e. The molecule has 0 bridgehead atoms. The maximum atomic E-state index is 12.5. The molecule has 0 radical (unpaired) electrons. The zero-order valence-electron chi connectivity index (χ0n) is 17.3. The maximum absolute atomic E-state index is 12.5. The van der Waals surface area contributed by atoms with Gasteiger partial charge in [-0.05, 0) is 55.7 Å². The predicted octanol–water partition coefficient (Wildman–Crippen LogP) is 4.06. The van der Waals surface area contributed by atoms with Gasteiger partial charge >= 0.3 is 11.6 Å². The van der Waals surface area contributed by atoms with E-state index in [9.17, 15) is 9.59 Å². The SMILES string of the molecule is COc1cccc(CCC(=O)O[C@H]2Cc3cc4ccc(=O)oc4cc3OC2(C)C)c1. The minimum absolute atomic E-state index is 0.269. The average Bonchev–Trinajstić information content (AvgIpc) is 2.71. The number of rotatable bonds is 5. The van der Waals surface area contributed by atoms with Crippen molar-refractivity contribution in [1.29, 1.82) is 0 Å². The van der Waals surface area contributed by atoms with E-state index in [0.29, 0.717) is 24.2 Å². The van der Waals surface area contributed by atoms with E-state index in [2.05, 4.69) is 0 Å². The molecule has 4 rings (SSSR count). The van der Waals surface area contributed by atoms with E-state index >= 15 is 0 Å². The second-order valence-corrected chi connectivity index (χ2v) is 7.99. The van der Waals surface area contributed by atoms with Gasteiger partial charge in [-0.2, -0.15) is 0 Å². The molecule has 156 valence electrons. The molecule has 2 heterocycles. The summed E-state index contributed by atoms with van der Waals surface area (Å²) in [4.78, 5) is 24.0. The minimum Gasteiger partial charge on any atom is -0.497 e. The molecule has 0 N–H and O–H groups in total. The van der Waals surface area contributed by atoms with E-state index in [1.165, 1.54) is 6.07 Å². The zero-order valence-corrected chi connectivity index (χ0v) is 17.3. The van der Waals surface area contributed by atoms with Crippen molar-refractivity contribution in [3.8, 4) is 11.5 Å². The predicted molar refractivity (Wildman–Crippen MR) is 112 cm³/mol. The molecule has 0 unspecified atom stereocenters. The maximum Gasteiger partial charge on any atom is 0.336 e. The van der Waals surface area contributed by atoms with Gasteiger partial charge in [0, 0.05) is 30.4 Å². The lowest BCUT2D eigenvalue weighted by Crippen LogP contribution is -2.48. The Kier molecular flexibility index (Phi) is 5.24. The number of fused-ring (bicyclic) bond motifs is 2. The van der Waals surface area contributed by atoms with Crippen molar-refractivity contribution in [2.75, 3.05) is 7.11 Å². The first kappa shape index (κ1) is 20.0. The second kappa shape index (κ2) is 7.86. The van der Waals surface area contributed by atoms with Gasteiger partial charge in [0.05, 0.1) is 7.11 Å². The van der Waals surface area contributed by atoms with Gasteiger partial charge in [-0.3, -0.25) is 4.79 Å². The number of aryl methyl sites for hydroxylation is 1. The molecular weight excluding hydrogens is 384 g/mol. The van der Waals surface area contributed by atoms with Gasteiger partial charge in [0.1, 0.15) is 28.8 Å². The number of methoxy groups -OCH3 is 1. The summed E-state index contributed by atoms with van der Waals surface area (Å²) in [6, 6.07) is 14.4. The lowest BCUT2D eigenvalue weighted by molar-refractivity contribution is -0.161. The van der Waals surface area contributed by atoms with Crippen LogP contribution >= 0.6 is 0 Å². The smallest absolute Gasteiger partial charge is 0.336 e. The fourth-order valence-electron chi connectivity index (χ4n) is 3.67. The van der Waals surface area contributed by atoms with Crippen molar-refractivity contribution in [1.82, 2.24) is 0 Å². The van der Waals surface area contributed by atoms with Crippen LogP contribution in [0.4, 0.5) is 0 Å². The number of hydrogen-bond donors (Lipinski definition) is 0. The zero-order chi connectivity index (χ0) is 21.3. The monoisotopic (exact) mass is 408 g/mol. The summed E-state index contributed by atoms with van der Waals surface area (Å²) in [6.45, 7) is 3.78. The van der Waals surface area contributed by atoms with Gasteiger partial charge in [-0.15, -0.1) is 0 Å². The number of esters is 1. The first-order chi connectivity index (χ1) is 14.3. The van der Waals surface area contributed by atoms with Crippen LogP contribution in [0.3, 0.4) is 0 Å². The van der Waals surface area contributed by atoms with E-state index in [1.807, 2.05) is 44.2 Å². The molecule has 1 atom stereocenters.